The number of ether oxygens (including phenoxy) is 2. The van der Waals surface area contributed by atoms with E-state index in [1.807, 2.05) is 84.6 Å². The summed E-state index contributed by atoms with van der Waals surface area (Å²) in [5, 5.41) is 26.1. The van der Waals surface area contributed by atoms with Gasteiger partial charge in [-0.25, -0.2) is 4.79 Å². The van der Waals surface area contributed by atoms with E-state index in [1.54, 1.807) is 48.5 Å². The summed E-state index contributed by atoms with van der Waals surface area (Å²) in [6.45, 7) is 2.87. The number of anilines is 1. The number of carbonyl (C=O) groups excluding carboxylic acids is 2. The molecule has 61 heavy (non-hydrogen) atoms. The zero-order valence-electron chi connectivity index (χ0n) is 32.9. The van der Waals surface area contributed by atoms with Crippen LogP contribution >= 0.6 is 23.2 Å². The summed E-state index contributed by atoms with van der Waals surface area (Å²) in [5.41, 5.74) is 8.49. The summed E-state index contributed by atoms with van der Waals surface area (Å²) in [6, 6.07) is 36.8. The van der Waals surface area contributed by atoms with Crippen molar-refractivity contribution >= 4 is 46.7 Å². The molecule has 0 spiro atoms. The Morgan fingerprint density at radius 2 is 1.66 bits per heavy atom. The standard InChI is InChI=1S/C48H39Cl2N5O6/c1-28-3-2-4-37(52-28)26-55-25-36-23-44-41(53-47(57)45(61-44)34-14-16-38(17-15-34)60-27-31-9-18-39(49)40(50)19-31)21-35(36)22-43(55)46(56)54-42(48(58)59)20-29-5-10-32(11-6-29)33-12-7-30(24-51)8-13-33/h2-19,21,23,42-43,45H,20,22,25-27H2,1H3,(H,53,57)(H,54,56)(H,58,59)/t42-,43-,45?/m0/s1. The van der Waals surface area contributed by atoms with Crippen LogP contribution < -0.4 is 20.1 Å². The second kappa shape index (κ2) is 17.9. The lowest BCUT2D eigenvalue weighted by Crippen LogP contribution is -2.54. The number of aromatic nitrogens is 1. The molecule has 2 aliphatic heterocycles. The van der Waals surface area contributed by atoms with Crippen LogP contribution in [0, 0.1) is 18.3 Å². The molecule has 0 saturated heterocycles. The topological polar surface area (TPSA) is 154 Å². The predicted octanol–water partition coefficient (Wildman–Crippen LogP) is 8.63. The molecule has 2 aliphatic rings. The number of nitrogens with zero attached hydrogens (tertiary/aromatic N) is 3. The van der Waals surface area contributed by atoms with Gasteiger partial charge < -0.3 is 25.2 Å². The van der Waals surface area contributed by atoms with Crippen molar-refractivity contribution in [1.29, 1.82) is 5.26 Å². The van der Waals surface area contributed by atoms with Gasteiger partial charge in [-0.05, 0) is 107 Å². The molecule has 0 radical (unpaired) electrons. The average molecular weight is 853 g/mol. The number of nitriles is 1. The first-order chi connectivity index (χ1) is 29.5. The normalized spacial score (nSPS) is 16.2. The van der Waals surface area contributed by atoms with Crippen molar-refractivity contribution in [3.63, 3.8) is 0 Å². The van der Waals surface area contributed by atoms with Crippen LogP contribution in [-0.2, 0) is 46.9 Å². The smallest absolute Gasteiger partial charge is 0.326 e. The molecule has 3 heterocycles. The molecule has 1 aromatic heterocycles. The third-order valence-corrected chi connectivity index (χ3v) is 11.6. The van der Waals surface area contributed by atoms with Gasteiger partial charge in [0.25, 0.3) is 5.91 Å². The number of halogens is 2. The molecule has 306 valence electrons. The van der Waals surface area contributed by atoms with Crippen LogP contribution in [-0.4, -0.2) is 44.9 Å². The molecule has 0 aliphatic carbocycles. The molecule has 3 atom stereocenters. The number of aliphatic carboxylic acids is 1. The van der Waals surface area contributed by atoms with Crippen molar-refractivity contribution in [2.45, 2.75) is 57.6 Å². The van der Waals surface area contributed by atoms with Gasteiger partial charge in [0.15, 0.2) is 0 Å². The number of carboxylic acids is 1. The van der Waals surface area contributed by atoms with Crippen molar-refractivity contribution in [3.8, 4) is 28.7 Å². The number of carboxylic acid groups (broad SMARTS) is 1. The van der Waals surface area contributed by atoms with Gasteiger partial charge in [0.1, 0.15) is 24.1 Å². The molecule has 13 heteroatoms. The highest BCUT2D eigenvalue weighted by Crippen LogP contribution is 2.40. The number of benzene rings is 5. The van der Waals surface area contributed by atoms with Crippen LogP contribution in [0.25, 0.3) is 11.1 Å². The molecule has 6 aromatic rings. The van der Waals surface area contributed by atoms with Crippen LogP contribution in [0.2, 0.25) is 10.0 Å². The fraction of sp³-hybridized carbons (Fsp3) is 0.188. The Hall–Kier alpha value is -6.71. The van der Waals surface area contributed by atoms with Gasteiger partial charge in [0.05, 0.1) is 39.1 Å². The first-order valence-corrected chi connectivity index (χ1v) is 20.3. The number of rotatable bonds is 12. The summed E-state index contributed by atoms with van der Waals surface area (Å²) in [4.78, 5) is 46.9. The zero-order valence-corrected chi connectivity index (χ0v) is 34.4. The number of hydrogen-bond acceptors (Lipinski definition) is 8. The third kappa shape index (κ3) is 9.53. The maximum atomic E-state index is 14.2. The zero-order chi connectivity index (χ0) is 42.6. The maximum absolute atomic E-state index is 14.2. The van der Waals surface area contributed by atoms with Gasteiger partial charge in [-0.2, -0.15) is 5.26 Å². The van der Waals surface area contributed by atoms with E-state index in [9.17, 15) is 19.5 Å². The monoisotopic (exact) mass is 851 g/mol. The van der Waals surface area contributed by atoms with E-state index in [2.05, 4.69) is 21.7 Å². The molecule has 11 nitrogen and oxygen atoms in total. The number of pyridine rings is 1. The average Bonchev–Trinajstić information content (AvgIpc) is 3.26. The van der Waals surface area contributed by atoms with E-state index >= 15 is 0 Å². The molecule has 0 bridgehead atoms. The first-order valence-electron chi connectivity index (χ1n) is 19.6. The van der Waals surface area contributed by atoms with Crippen molar-refractivity contribution in [1.82, 2.24) is 15.2 Å². The third-order valence-electron chi connectivity index (χ3n) is 10.8. The number of carbonyl (C=O) groups is 3. The minimum atomic E-state index is -1.19. The van der Waals surface area contributed by atoms with E-state index in [1.165, 1.54) is 0 Å². The summed E-state index contributed by atoms with van der Waals surface area (Å²) in [6.07, 6.45) is -0.580. The molecular weight excluding hydrogens is 813 g/mol. The molecule has 0 saturated carbocycles. The number of hydrogen-bond donors (Lipinski definition) is 3. The SMILES string of the molecule is Cc1cccc(CN2Cc3cc4c(cc3C[C@H]2C(=O)N[C@@H](Cc2ccc(-c3ccc(C#N)cc3)cc2)C(=O)O)NC(=O)C(c2ccc(OCc3ccc(Cl)c(Cl)c3)cc2)O4)n1. The molecular formula is C48H39Cl2N5O6. The Balaban J connectivity index is 0.982. The minimum absolute atomic E-state index is 0.0734. The molecule has 0 fully saturated rings. The van der Waals surface area contributed by atoms with Crippen molar-refractivity contribution in [2.75, 3.05) is 5.32 Å². The van der Waals surface area contributed by atoms with Crippen LogP contribution in [0.1, 0.15) is 50.9 Å². The molecule has 1 unspecified atom stereocenters. The Labute approximate surface area is 362 Å². The summed E-state index contributed by atoms with van der Waals surface area (Å²) >= 11 is 12.2. The van der Waals surface area contributed by atoms with Gasteiger partial charge >= 0.3 is 5.97 Å². The van der Waals surface area contributed by atoms with Gasteiger partial charge in [0.2, 0.25) is 12.0 Å². The number of amides is 2. The van der Waals surface area contributed by atoms with E-state index in [0.29, 0.717) is 51.4 Å². The van der Waals surface area contributed by atoms with Crippen LogP contribution in [0.4, 0.5) is 5.69 Å². The molecule has 2 amide bonds. The van der Waals surface area contributed by atoms with Crippen LogP contribution in [0.3, 0.4) is 0 Å². The first kappa shape index (κ1) is 41.0. The number of aryl methyl sites for hydroxylation is 1. The Morgan fingerprint density at radius 1 is 0.934 bits per heavy atom. The fourth-order valence-corrected chi connectivity index (χ4v) is 7.91. The Morgan fingerprint density at radius 3 is 2.34 bits per heavy atom. The highest BCUT2D eigenvalue weighted by atomic mass is 35.5. The van der Waals surface area contributed by atoms with Crippen molar-refractivity contribution < 1.29 is 29.0 Å². The lowest BCUT2D eigenvalue weighted by atomic mass is 9.91. The van der Waals surface area contributed by atoms with Gasteiger partial charge in [-0.3, -0.25) is 19.5 Å². The van der Waals surface area contributed by atoms with Crippen molar-refractivity contribution in [3.05, 3.63) is 176 Å². The van der Waals surface area contributed by atoms with Crippen LogP contribution in [0.15, 0.2) is 121 Å². The summed E-state index contributed by atoms with van der Waals surface area (Å²) in [7, 11) is 0. The van der Waals surface area contributed by atoms with E-state index in [0.717, 1.165) is 44.8 Å². The van der Waals surface area contributed by atoms with Gasteiger partial charge in [0, 0.05) is 30.8 Å². The van der Waals surface area contributed by atoms with E-state index < -0.39 is 30.1 Å². The largest absolute Gasteiger partial charge is 0.489 e. The predicted molar refractivity (Wildman–Crippen MR) is 231 cm³/mol. The van der Waals surface area contributed by atoms with Crippen molar-refractivity contribution in [2.24, 2.45) is 0 Å². The second-order valence-electron chi connectivity index (χ2n) is 15.1. The Bertz CT molecular complexity index is 2670. The number of nitrogens with one attached hydrogen (secondary N) is 2. The second-order valence-corrected chi connectivity index (χ2v) is 15.9. The summed E-state index contributed by atoms with van der Waals surface area (Å²) in [5.74, 6) is -0.824. The van der Waals surface area contributed by atoms with Crippen LogP contribution in [0.5, 0.6) is 11.5 Å². The van der Waals surface area contributed by atoms with Gasteiger partial charge in [-0.15, -0.1) is 0 Å². The van der Waals surface area contributed by atoms with Gasteiger partial charge in [-0.1, -0.05) is 83.9 Å². The van der Waals surface area contributed by atoms with E-state index in [-0.39, 0.29) is 25.4 Å². The quantitative estimate of drug-likeness (QED) is 0.110. The maximum Gasteiger partial charge on any atom is 0.326 e. The molecule has 5 aromatic carbocycles. The highest BCUT2D eigenvalue weighted by molar-refractivity contribution is 6.42. The van der Waals surface area contributed by atoms with E-state index in [4.69, 9.17) is 37.9 Å². The highest BCUT2D eigenvalue weighted by Gasteiger charge is 2.37. The summed E-state index contributed by atoms with van der Waals surface area (Å²) < 4.78 is 12.3. The fourth-order valence-electron chi connectivity index (χ4n) is 7.59. The minimum Gasteiger partial charge on any atom is -0.489 e. The lowest BCUT2D eigenvalue weighted by Gasteiger charge is -2.37. The molecule has 3 N–H and O–H groups in total. The lowest BCUT2D eigenvalue weighted by molar-refractivity contribution is -0.142. The molecule has 8 rings (SSSR count). The Kier molecular flexibility index (Phi) is 12.0. The number of fused-ring (bicyclic) bond motifs is 2.